The molecule has 1 atom stereocenters. The molecule has 0 aliphatic heterocycles. The molecule has 1 aliphatic carbocycles. The molecule has 0 radical (unpaired) electrons. The Morgan fingerprint density at radius 1 is 1.35 bits per heavy atom. The van der Waals surface area contributed by atoms with Gasteiger partial charge in [-0.15, -0.1) is 0 Å². The SMILES string of the molecule is COC(=O)C(C)(O)CN(C)C1CCCCCC1. The smallest absolute Gasteiger partial charge is 0.338 e. The lowest BCUT2D eigenvalue weighted by atomic mass is 10.0. The number of likely N-dealkylation sites (N-methyl/N-ethyl adjacent to an activating group) is 1. The summed E-state index contributed by atoms with van der Waals surface area (Å²) in [7, 11) is 3.29. The van der Waals surface area contributed by atoms with Gasteiger partial charge in [0.25, 0.3) is 0 Å². The van der Waals surface area contributed by atoms with Gasteiger partial charge in [0, 0.05) is 12.6 Å². The van der Waals surface area contributed by atoms with E-state index >= 15 is 0 Å². The number of rotatable bonds is 4. The van der Waals surface area contributed by atoms with Crippen molar-refractivity contribution in [3.05, 3.63) is 0 Å². The lowest BCUT2D eigenvalue weighted by Gasteiger charge is -2.32. The van der Waals surface area contributed by atoms with Crippen LogP contribution in [0, 0.1) is 0 Å². The van der Waals surface area contributed by atoms with Crippen LogP contribution in [-0.2, 0) is 9.53 Å². The Hall–Kier alpha value is -0.610. The minimum Gasteiger partial charge on any atom is -0.467 e. The summed E-state index contributed by atoms with van der Waals surface area (Å²) in [5.41, 5.74) is -1.41. The van der Waals surface area contributed by atoms with Crippen molar-refractivity contribution in [3.8, 4) is 0 Å². The number of hydrogen-bond donors (Lipinski definition) is 1. The molecule has 0 heterocycles. The summed E-state index contributed by atoms with van der Waals surface area (Å²) in [6.07, 6.45) is 7.42. The topological polar surface area (TPSA) is 49.8 Å². The van der Waals surface area contributed by atoms with Gasteiger partial charge in [0.05, 0.1) is 7.11 Å². The van der Waals surface area contributed by atoms with Gasteiger partial charge < -0.3 is 9.84 Å². The van der Waals surface area contributed by atoms with Crippen molar-refractivity contribution in [2.45, 2.75) is 57.1 Å². The number of carbonyl (C=O) groups is 1. The second kappa shape index (κ2) is 6.36. The molecule has 1 aliphatic rings. The third kappa shape index (κ3) is 4.28. The highest BCUT2D eigenvalue weighted by Crippen LogP contribution is 2.22. The molecule has 0 amide bonds. The van der Waals surface area contributed by atoms with Gasteiger partial charge in [-0.05, 0) is 26.8 Å². The normalized spacial score (nSPS) is 21.9. The van der Waals surface area contributed by atoms with Crippen LogP contribution in [0.25, 0.3) is 0 Å². The van der Waals surface area contributed by atoms with Crippen molar-refractivity contribution in [2.24, 2.45) is 0 Å². The molecule has 1 fully saturated rings. The van der Waals surface area contributed by atoms with E-state index in [1.54, 1.807) is 0 Å². The Kier molecular flexibility index (Phi) is 5.40. The fourth-order valence-corrected chi connectivity index (χ4v) is 2.60. The molecule has 17 heavy (non-hydrogen) atoms. The van der Waals surface area contributed by atoms with Crippen molar-refractivity contribution < 1.29 is 14.6 Å². The summed E-state index contributed by atoms with van der Waals surface area (Å²) in [5, 5.41) is 10.0. The fourth-order valence-electron chi connectivity index (χ4n) is 2.60. The van der Waals surface area contributed by atoms with Gasteiger partial charge in [-0.25, -0.2) is 4.79 Å². The molecule has 100 valence electrons. The average Bonchev–Trinajstić information content (AvgIpc) is 2.55. The predicted molar refractivity (Wildman–Crippen MR) is 66.8 cm³/mol. The quantitative estimate of drug-likeness (QED) is 0.601. The Bertz CT molecular complexity index is 245. The monoisotopic (exact) mass is 243 g/mol. The largest absolute Gasteiger partial charge is 0.467 e. The van der Waals surface area contributed by atoms with Crippen LogP contribution >= 0.6 is 0 Å². The minimum atomic E-state index is -1.41. The van der Waals surface area contributed by atoms with Gasteiger partial charge in [-0.1, -0.05) is 25.7 Å². The Morgan fingerprint density at radius 2 is 1.88 bits per heavy atom. The molecular weight excluding hydrogens is 218 g/mol. The first-order chi connectivity index (χ1) is 7.97. The molecule has 4 nitrogen and oxygen atoms in total. The van der Waals surface area contributed by atoms with Crippen LogP contribution in [0.3, 0.4) is 0 Å². The van der Waals surface area contributed by atoms with Crippen LogP contribution in [-0.4, -0.2) is 48.3 Å². The second-order valence-corrected chi connectivity index (χ2v) is 5.33. The van der Waals surface area contributed by atoms with Crippen LogP contribution in [0.2, 0.25) is 0 Å². The average molecular weight is 243 g/mol. The van der Waals surface area contributed by atoms with E-state index in [1.807, 2.05) is 7.05 Å². The highest BCUT2D eigenvalue weighted by molar-refractivity contribution is 5.78. The van der Waals surface area contributed by atoms with Crippen molar-refractivity contribution in [1.29, 1.82) is 0 Å². The third-order valence-electron chi connectivity index (χ3n) is 3.63. The van der Waals surface area contributed by atoms with Crippen molar-refractivity contribution in [1.82, 2.24) is 4.90 Å². The van der Waals surface area contributed by atoms with Gasteiger partial charge in [0.1, 0.15) is 0 Å². The van der Waals surface area contributed by atoms with E-state index in [0.29, 0.717) is 12.6 Å². The molecule has 4 heteroatoms. The lowest BCUT2D eigenvalue weighted by molar-refractivity contribution is -0.162. The zero-order valence-corrected chi connectivity index (χ0v) is 11.2. The van der Waals surface area contributed by atoms with Gasteiger partial charge in [0.15, 0.2) is 5.60 Å². The highest BCUT2D eigenvalue weighted by Gasteiger charge is 2.34. The maximum Gasteiger partial charge on any atom is 0.338 e. The number of nitrogens with zero attached hydrogens (tertiary/aromatic N) is 1. The summed E-state index contributed by atoms with van der Waals surface area (Å²) >= 11 is 0. The van der Waals surface area contributed by atoms with Gasteiger partial charge in [0.2, 0.25) is 0 Å². The third-order valence-corrected chi connectivity index (χ3v) is 3.63. The molecule has 0 aromatic heterocycles. The van der Waals surface area contributed by atoms with E-state index in [1.165, 1.54) is 39.7 Å². The van der Waals surface area contributed by atoms with Gasteiger partial charge in [-0.2, -0.15) is 0 Å². The summed E-state index contributed by atoms with van der Waals surface area (Å²) < 4.78 is 4.61. The molecule has 1 N–H and O–H groups in total. The Morgan fingerprint density at radius 3 is 2.35 bits per heavy atom. The molecule has 1 unspecified atom stereocenters. The van der Waals surface area contributed by atoms with E-state index < -0.39 is 11.6 Å². The van der Waals surface area contributed by atoms with Crippen LogP contribution in [0.1, 0.15) is 45.4 Å². The first-order valence-corrected chi connectivity index (χ1v) is 6.48. The number of aliphatic hydroxyl groups is 1. The summed E-state index contributed by atoms with van der Waals surface area (Å²) in [5.74, 6) is -0.557. The summed E-state index contributed by atoms with van der Waals surface area (Å²) in [4.78, 5) is 13.5. The molecule has 1 rings (SSSR count). The molecule has 0 spiro atoms. The highest BCUT2D eigenvalue weighted by atomic mass is 16.5. The molecule has 0 saturated heterocycles. The number of ether oxygens (including phenoxy) is 1. The standard InChI is InChI=1S/C13H25NO3/c1-13(16,12(15)17-3)10-14(2)11-8-6-4-5-7-9-11/h11,16H,4-10H2,1-3H3. The number of esters is 1. The van der Waals surface area contributed by atoms with E-state index in [4.69, 9.17) is 0 Å². The van der Waals surface area contributed by atoms with Crippen LogP contribution in [0.4, 0.5) is 0 Å². The number of methoxy groups -OCH3 is 1. The van der Waals surface area contributed by atoms with Gasteiger partial charge >= 0.3 is 5.97 Å². The zero-order chi connectivity index (χ0) is 12.9. The van der Waals surface area contributed by atoms with Crippen LogP contribution < -0.4 is 0 Å². The molecule has 0 aromatic rings. The molecule has 1 saturated carbocycles. The predicted octanol–water partition coefficient (Wildman–Crippen LogP) is 1.56. The van der Waals surface area contributed by atoms with Crippen LogP contribution in [0.5, 0.6) is 0 Å². The fraction of sp³-hybridized carbons (Fsp3) is 0.923. The molecular formula is C13H25NO3. The molecule has 0 aromatic carbocycles. The van der Waals surface area contributed by atoms with Crippen molar-refractivity contribution in [2.75, 3.05) is 20.7 Å². The maximum atomic E-state index is 11.4. The first-order valence-electron chi connectivity index (χ1n) is 6.48. The Balaban J connectivity index is 2.51. The van der Waals surface area contributed by atoms with Crippen LogP contribution in [0.15, 0.2) is 0 Å². The van der Waals surface area contributed by atoms with E-state index in [0.717, 1.165) is 12.8 Å². The summed E-state index contributed by atoms with van der Waals surface area (Å²) in [6, 6.07) is 0.480. The van der Waals surface area contributed by atoms with Crippen molar-refractivity contribution in [3.63, 3.8) is 0 Å². The van der Waals surface area contributed by atoms with Gasteiger partial charge in [-0.3, -0.25) is 4.90 Å². The molecule has 0 bridgehead atoms. The van der Waals surface area contributed by atoms with E-state index in [-0.39, 0.29) is 0 Å². The maximum absolute atomic E-state index is 11.4. The first kappa shape index (κ1) is 14.5. The van der Waals surface area contributed by atoms with Crippen molar-refractivity contribution >= 4 is 5.97 Å². The summed E-state index contributed by atoms with van der Waals surface area (Å²) in [6.45, 7) is 1.86. The number of hydrogen-bond acceptors (Lipinski definition) is 4. The number of carbonyl (C=O) groups excluding carboxylic acids is 1. The minimum absolute atomic E-state index is 0.338. The van der Waals surface area contributed by atoms with E-state index in [2.05, 4.69) is 9.64 Å². The zero-order valence-electron chi connectivity index (χ0n) is 11.2. The van der Waals surface area contributed by atoms with E-state index in [9.17, 15) is 9.90 Å². The lowest BCUT2D eigenvalue weighted by Crippen LogP contribution is -2.49. The Labute approximate surface area is 104 Å². The second-order valence-electron chi connectivity index (χ2n) is 5.33.